The molecule has 68 valence electrons. The fraction of sp³-hybridized carbons (Fsp3) is 0.111. The zero-order chi connectivity index (χ0) is 10.0. The van der Waals surface area contributed by atoms with Gasteiger partial charge in [0.05, 0.1) is 5.56 Å². The van der Waals surface area contributed by atoms with Crippen LogP contribution in [0, 0.1) is 5.82 Å². The predicted octanol–water partition coefficient (Wildman–Crippen LogP) is 1.55. The highest BCUT2D eigenvalue weighted by molar-refractivity contribution is 5.96. The molecule has 0 aromatic heterocycles. The Morgan fingerprint density at radius 1 is 1.54 bits per heavy atom. The molecule has 0 amide bonds. The second kappa shape index (κ2) is 3.35. The van der Waals surface area contributed by atoms with Gasteiger partial charge in [-0.15, -0.1) is 0 Å². The van der Waals surface area contributed by atoms with Crippen molar-refractivity contribution < 1.29 is 19.1 Å². The topological polar surface area (TPSA) is 54.4 Å². The lowest BCUT2D eigenvalue weighted by atomic mass is 10.1. The summed E-state index contributed by atoms with van der Waals surface area (Å²) in [4.78, 5) is 21.1. The van der Waals surface area contributed by atoms with Gasteiger partial charge in [0.1, 0.15) is 0 Å². The van der Waals surface area contributed by atoms with Crippen LogP contribution in [0.5, 0.6) is 5.75 Å². The largest absolute Gasteiger partial charge is 0.504 e. The van der Waals surface area contributed by atoms with Crippen molar-refractivity contribution in [1.29, 1.82) is 0 Å². The minimum Gasteiger partial charge on any atom is -0.504 e. The molecule has 0 saturated heterocycles. The van der Waals surface area contributed by atoms with Gasteiger partial charge in [0, 0.05) is 5.56 Å². The Kier molecular flexibility index (Phi) is 2.41. The summed E-state index contributed by atoms with van der Waals surface area (Å²) in [7, 11) is 0. The number of Topliss-reactive ketones (excluding diaryl/α,β-unsaturated/α-hetero) is 1. The van der Waals surface area contributed by atoms with E-state index in [1.807, 2.05) is 0 Å². The normalized spacial score (nSPS) is 9.69. The molecule has 0 saturated carbocycles. The Bertz CT molecular complexity index is 371. The van der Waals surface area contributed by atoms with Gasteiger partial charge in [-0.1, -0.05) is 0 Å². The number of carbonyl (C=O) groups is 2. The molecular formula is C9H7FO3. The van der Waals surface area contributed by atoms with Gasteiger partial charge in [0.2, 0.25) is 0 Å². The van der Waals surface area contributed by atoms with Crippen LogP contribution in [0.25, 0.3) is 0 Å². The van der Waals surface area contributed by atoms with Crippen molar-refractivity contribution in [1.82, 2.24) is 0 Å². The van der Waals surface area contributed by atoms with E-state index in [9.17, 15) is 14.0 Å². The van der Waals surface area contributed by atoms with Crippen LogP contribution >= 0.6 is 0 Å². The van der Waals surface area contributed by atoms with Gasteiger partial charge in [0.15, 0.2) is 23.6 Å². The first kappa shape index (κ1) is 9.38. The van der Waals surface area contributed by atoms with Crippen molar-refractivity contribution in [2.45, 2.75) is 6.92 Å². The molecule has 1 aromatic carbocycles. The minimum absolute atomic E-state index is 0.0670. The molecule has 1 N–H and O–H groups in total. The summed E-state index contributed by atoms with van der Waals surface area (Å²) in [6.07, 6.45) is 0.296. The van der Waals surface area contributed by atoms with E-state index >= 15 is 0 Å². The minimum atomic E-state index is -0.963. The van der Waals surface area contributed by atoms with Gasteiger partial charge >= 0.3 is 0 Å². The Labute approximate surface area is 73.8 Å². The number of aromatic hydroxyl groups is 1. The molecule has 0 spiro atoms. The highest BCUT2D eigenvalue weighted by Crippen LogP contribution is 2.21. The molecule has 0 fully saturated rings. The monoisotopic (exact) mass is 182 g/mol. The van der Waals surface area contributed by atoms with Crippen molar-refractivity contribution in [3.8, 4) is 5.75 Å². The highest BCUT2D eigenvalue weighted by Gasteiger charge is 2.10. The Morgan fingerprint density at radius 3 is 2.62 bits per heavy atom. The maximum atomic E-state index is 12.8. The summed E-state index contributed by atoms with van der Waals surface area (Å²) < 4.78 is 12.8. The van der Waals surface area contributed by atoms with Crippen LogP contribution in [-0.4, -0.2) is 17.2 Å². The van der Waals surface area contributed by atoms with E-state index in [0.717, 1.165) is 12.1 Å². The predicted molar refractivity (Wildman–Crippen MR) is 43.5 cm³/mol. The summed E-state index contributed by atoms with van der Waals surface area (Å²) in [5, 5.41) is 8.99. The molecule has 1 rings (SSSR count). The van der Waals surface area contributed by atoms with Gasteiger partial charge in [-0.3, -0.25) is 9.59 Å². The molecule has 0 unspecified atom stereocenters. The number of benzene rings is 1. The lowest BCUT2D eigenvalue weighted by Gasteiger charge is -2.01. The molecular weight excluding hydrogens is 175 g/mol. The third-order valence-corrected chi connectivity index (χ3v) is 1.63. The number of phenolic OH excluding ortho intramolecular Hbond substituents is 1. The van der Waals surface area contributed by atoms with Gasteiger partial charge < -0.3 is 5.11 Å². The number of aldehydes is 1. The van der Waals surface area contributed by atoms with Crippen LogP contribution < -0.4 is 0 Å². The quantitative estimate of drug-likeness (QED) is 0.557. The standard InChI is InChI=1S/C9H7FO3/c1-5(12)6-2-7(4-11)9(13)8(10)3-6/h2-4,13H,1H3. The van der Waals surface area contributed by atoms with Crippen molar-refractivity contribution in [3.05, 3.63) is 29.1 Å². The second-order valence-corrected chi connectivity index (χ2v) is 2.57. The van der Waals surface area contributed by atoms with E-state index in [1.165, 1.54) is 6.92 Å². The molecule has 1 aromatic rings. The van der Waals surface area contributed by atoms with Crippen LogP contribution in [0.15, 0.2) is 12.1 Å². The zero-order valence-corrected chi connectivity index (χ0v) is 6.87. The third-order valence-electron chi connectivity index (χ3n) is 1.63. The number of hydrogen-bond acceptors (Lipinski definition) is 3. The zero-order valence-electron chi connectivity index (χ0n) is 6.87. The van der Waals surface area contributed by atoms with E-state index in [4.69, 9.17) is 5.11 Å². The molecule has 0 radical (unpaired) electrons. The molecule has 0 aliphatic rings. The first-order chi connectivity index (χ1) is 6.06. The average molecular weight is 182 g/mol. The van der Waals surface area contributed by atoms with Gasteiger partial charge in [0.25, 0.3) is 0 Å². The number of rotatable bonds is 2. The van der Waals surface area contributed by atoms with Crippen LogP contribution in [0.3, 0.4) is 0 Å². The third kappa shape index (κ3) is 1.72. The van der Waals surface area contributed by atoms with Gasteiger partial charge in [-0.25, -0.2) is 4.39 Å². The molecule has 0 aliphatic heterocycles. The van der Waals surface area contributed by atoms with Crippen molar-refractivity contribution in [3.63, 3.8) is 0 Å². The SMILES string of the molecule is CC(=O)c1cc(F)c(O)c(C=O)c1. The Morgan fingerprint density at radius 2 is 2.15 bits per heavy atom. The molecule has 13 heavy (non-hydrogen) atoms. The molecule has 4 heteroatoms. The number of halogens is 1. The van der Waals surface area contributed by atoms with E-state index in [0.29, 0.717) is 6.29 Å². The summed E-state index contributed by atoms with van der Waals surface area (Å²) in [6, 6.07) is 2.04. The van der Waals surface area contributed by atoms with E-state index in [2.05, 4.69) is 0 Å². The number of carbonyl (C=O) groups excluding carboxylic acids is 2. The van der Waals surface area contributed by atoms with Gasteiger partial charge in [-0.05, 0) is 19.1 Å². The fourth-order valence-electron chi connectivity index (χ4n) is 0.913. The highest BCUT2D eigenvalue weighted by atomic mass is 19.1. The first-order valence-corrected chi connectivity index (χ1v) is 3.55. The summed E-state index contributed by atoms with van der Waals surface area (Å²) in [6.45, 7) is 1.25. The first-order valence-electron chi connectivity index (χ1n) is 3.55. The summed E-state index contributed by atoms with van der Waals surface area (Å²) >= 11 is 0. The van der Waals surface area contributed by atoms with Crippen molar-refractivity contribution >= 4 is 12.1 Å². The smallest absolute Gasteiger partial charge is 0.166 e. The fourth-order valence-corrected chi connectivity index (χ4v) is 0.913. The van der Waals surface area contributed by atoms with E-state index in [1.54, 1.807) is 0 Å². The van der Waals surface area contributed by atoms with Crippen molar-refractivity contribution in [2.24, 2.45) is 0 Å². The molecule has 0 bridgehead atoms. The number of hydrogen-bond donors (Lipinski definition) is 1. The van der Waals surface area contributed by atoms with Crippen molar-refractivity contribution in [2.75, 3.05) is 0 Å². The maximum absolute atomic E-state index is 12.8. The maximum Gasteiger partial charge on any atom is 0.166 e. The lowest BCUT2D eigenvalue weighted by Crippen LogP contribution is -1.96. The van der Waals surface area contributed by atoms with Crippen LogP contribution in [-0.2, 0) is 0 Å². The molecule has 0 atom stereocenters. The van der Waals surface area contributed by atoms with E-state index in [-0.39, 0.29) is 16.9 Å². The van der Waals surface area contributed by atoms with Crippen LogP contribution in [0.1, 0.15) is 27.6 Å². The van der Waals surface area contributed by atoms with Crippen LogP contribution in [0.2, 0.25) is 0 Å². The molecule has 0 heterocycles. The number of phenols is 1. The van der Waals surface area contributed by atoms with Crippen LogP contribution in [0.4, 0.5) is 4.39 Å². The molecule has 3 nitrogen and oxygen atoms in total. The summed E-state index contributed by atoms with van der Waals surface area (Å²) in [5.74, 6) is -2.04. The van der Waals surface area contributed by atoms with E-state index < -0.39 is 11.6 Å². The summed E-state index contributed by atoms with van der Waals surface area (Å²) in [5.41, 5.74) is -0.150. The molecule has 0 aliphatic carbocycles. The Hall–Kier alpha value is -1.71. The lowest BCUT2D eigenvalue weighted by molar-refractivity contribution is 0.101. The average Bonchev–Trinajstić information content (AvgIpc) is 2.09. The Balaban J connectivity index is 3.38. The number of ketones is 1. The van der Waals surface area contributed by atoms with Gasteiger partial charge in [-0.2, -0.15) is 0 Å². The second-order valence-electron chi connectivity index (χ2n) is 2.57.